The molecular weight excluding hydrogens is 368 g/mol. The van der Waals surface area contributed by atoms with Crippen LogP contribution in [0.1, 0.15) is 19.8 Å². The molecule has 0 aliphatic heterocycles. The molecule has 1 N–H and O–H groups in total. The normalized spacial score (nSPS) is 13.7. The molecule has 3 rings (SSSR count). The van der Waals surface area contributed by atoms with Crippen molar-refractivity contribution in [3.8, 4) is 11.5 Å². The number of amides is 1. The summed E-state index contributed by atoms with van der Waals surface area (Å²) in [6.07, 6.45) is 1.61. The van der Waals surface area contributed by atoms with E-state index in [1.165, 1.54) is 37.6 Å². The van der Waals surface area contributed by atoms with Crippen molar-refractivity contribution in [3.05, 3.63) is 42.5 Å². The van der Waals surface area contributed by atoms with Crippen molar-refractivity contribution >= 4 is 27.3 Å². The Morgan fingerprint density at radius 2 is 1.67 bits per heavy atom. The van der Waals surface area contributed by atoms with Crippen molar-refractivity contribution in [2.24, 2.45) is 0 Å². The Bertz CT molecular complexity index is 937. The molecule has 0 unspecified atom stereocenters. The molecule has 1 fully saturated rings. The van der Waals surface area contributed by atoms with Gasteiger partial charge in [0.2, 0.25) is 5.91 Å². The lowest BCUT2D eigenvalue weighted by Crippen LogP contribution is -2.33. The summed E-state index contributed by atoms with van der Waals surface area (Å²) in [7, 11) is -0.809. The Hall–Kier alpha value is -2.74. The number of benzene rings is 2. The van der Waals surface area contributed by atoms with Crippen LogP contribution in [-0.4, -0.2) is 34.6 Å². The molecular formula is C19H22N2O5S. The number of sulfonamides is 1. The van der Waals surface area contributed by atoms with Gasteiger partial charge < -0.3 is 14.8 Å². The van der Waals surface area contributed by atoms with E-state index in [1.54, 1.807) is 30.3 Å². The molecule has 1 aliphatic carbocycles. The lowest BCUT2D eigenvalue weighted by atomic mass is 10.2. The summed E-state index contributed by atoms with van der Waals surface area (Å²) in [6, 6.07) is 11.3. The molecule has 8 heteroatoms. The Kier molecular flexibility index (Phi) is 5.27. The number of nitrogens with zero attached hydrogens (tertiary/aromatic N) is 1. The van der Waals surface area contributed by atoms with Crippen molar-refractivity contribution < 1.29 is 22.7 Å². The van der Waals surface area contributed by atoms with Crippen molar-refractivity contribution in [2.45, 2.75) is 30.7 Å². The van der Waals surface area contributed by atoms with E-state index in [0.717, 1.165) is 12.8 Å². The van der Waals surface area contributed by atoms with Crippen LogP contribution in [0.25, 0.3) is 0 Å². The van der Waals surface area contributed by atoms with Gasteiger partial charge in [-0.1, -0.05) is 0 Å². The lowest BCUT2D eigenvalue weighted by molar-refractivity contribution is -0.114. The highest BCUT2D eigenvalue weighted by atomic mass is 32.2. The molecule has 2 aromatic rings. The number of carbonyl (C=O) groups is 1. The zero-order valence-corrected chi connectivity index (χ0v) is 16.2. The maximum absolute atomic E-state index is 13.3. The van der Waals surface area contributed by atoms with Gasteiger partial charge in [-0.05, 0) is 49.2 Å². The maximum atomic E-state index is 13.3. The second-order valence-corrected chi connectivity index (χ2v) is 8.09. The van der Waals surface area contributed by atoms with Gasteiger partial charge >= 0.3 is 0 Å². The van der Waals surface area contributed by atoms with Crippen LogP contribution in [0.3, 0.4) is 0 Å². The minimum atomic E-state index is -3.77. The standard InChI is InChI=1S/C19H22N2O5S/c1-13(22)20-14-4-6-15(7-5-14)21(16-8-9-16)27(23,24)17-10-11-18(25-2)19(12-17)26-3/h4-7,10-12,16H,8-9H2,1-3H3,(H,20,22). The number of anilines is 2. The largest absolute Gasteiger partial charge is 0.493 e. The molecule has 7 nitrogen and oxygen atoms in total. The fraction of sp³-hybridized carbons (Fsp3) is 0.316. The van der Waals surface area contributed by atoms with E-state index in [1.807, 2.05) is 0 Å². The Morgan fingerprint density at radius 3 is 2.19 bits per heavy atom. The molecule has 144 valence electrons. The first-order valence-electron chi connectivity index (χ1n) is 8.51. The Labute approximate surface area is 158 Å². The third-order valence-corrected chi connectivity index (χ3v) is 6.11. The number of rotatable bonds is 7. The summed E-state index contributed by atoms with van der Waals surface area (Å²) in [4.78, 5) is 11.3. The smallest absolute Gasteiger partial charge is 0.264 e. The average Bonchev–Trinajstić information content (AvgIpc) is 3.47. The third-order valence-electron chi connectivity index (χ3n) is 4.23. The van der Waals surface area contributed by atoms with Crippen LogP contribution < -0.4 is 19.1 Å². The summed E-state index contributed by atoms with van der Waals surface area (Å²) in [6.45, 7) is 1.42. The third kappa shape index (κ3) is 4.00. The number of ether oxygens (including phenoxy) is 2. The molecule has 1 saturated carbocycles. The highest BCUT2D eigenvalue weighted by Gasteiger charge is 2.38. The second-order valence-electron chi connectivity index (χ2n) is 6.28. The van der Waals surface area contributed by atoms with E-state index in [9.17, 15) is 13.2 Å². The summed E-state index contributed by atoms with van der Waals surface area (Å²) in [5, 5.41) is 2.68. The number of methoxy groups -OCH3 is 2. The predicted octanol–water partition coefficient (Wildman–Crippen LogP) is 3.02. The SMILES string of the molecule is COc1ccc(S(=O)(=O)N(c2ccc(NC(C)=O)cc2)C2CC2)cc1OC. The summed E-state index contributed by atoms with van der Waals surface area (Å²) < 4.78 is 38.5. The predicted molar refractivity (Wildman–Crippen MR) is 103 cm³/mol. The molecule has 0 atom stereocenters. The zero-order chi connectivity index (χ0) is 19.6. The lowest BCUT2D eigenvalue weighted by Gasteiger charge is -2.25. The summed E-state index contributed by atoms with van der Waals surface area (Å²) in [5.74, 6) is 0.643. The van der Waals surface area contributed by atoms with Crippen LogP contribution in [0, 0.1) is 0 Å². The van der Waals surface area contributed by atoms with Gasteiger partial charge in [0.15, 0.2) is 11.5 Å². The van der Waals surface area contributed by atoms with Crippen molar-refractivity contribution in [2.75, 3.05) is 23.8 Å². The quantitative estimate of drug-likeness (QED) is 0.786. The minimum absolute atomic E-state index is 0.0743. The Balaban J connectivity index is 1.98. The van der Waals surface area contributed by atoms with Crippen LogP contribution in [0.15, 0.2) is 47.4 Å². The molecule has 0 spiro atoms. The number of carbonyl (C=O) groups excluding carboxylic acids is 1. The first-order valence-corrected chi connectivity index (χ1v) is 9.95. The monoisotopic (exact) mass is 390 g/mol. The van der Waals surface area contributed by atoms with E-state index < -0.39 is 10.0 Å². The fourth-order valence-electron chi connectivity index (χ4n) is 2.84. The number of hydrogen-bond donors (Lipinski definition) is 1. The van der Waals surface area contributed by atoms with Crippen LogP contribution in [0.2, 0.25) is 0 Å². The zero-order valence-electron chi connectivity index (χ0n) is 15.4. The van der Waals surface area contributed by atoms with E-state index >= 15 is 0 Å². The van der Waals surface area contributed by atoms with Gasteiger partial charge in [-0.25, -0.2) is 8.42 Å². The van der Waals surface area contributed by atoms with Gasteiger partial charge in [-0.15, -0.1) is 0 Å². The van der Waals surface area contributed by atoms with Gasteiger partial charge in [0.1, 0.15) is 0 Å². The van der Waals surface area contributed by atoms with Gasteiger partial charge in [0.25, 0.3) is 10.0 Å². The number of hydrogen-bond acceptors (Lipinski definition) is 5. The first-order chi connectivity index (χ1) is 12.9. The van der Waals surface area contributed by atoms with E-state index in [0.29, 0.717) is 22.9 Å². The fourth-order valence-corrected chi connectivity index (χ4v) is 4.57. The maximum Gasteiger partial charge on any atom is 0.264 e. The van der Waals surface area contributed by atoms with Gasteiger partial charge in [0.05, 0.1) is 24.8 Å². The number of nitrogens with one attached hydrogen (secondary N) is 1. The Morgan fingerprint density at radius 1 is 1.04 bits per heavy atom. The van der Waals surface area contributed by atoms with Gasteiger partial charge in [-0.3, -0.25) is 9.10 Å². The molecule has 0 bridgehead atoms. The molecule has 0 saturated heterocycles. The molecule has 1 amide bonds. The minimum Gasteiger partial charge on any atom is -0.493 e. The van der Waals surface area contributed by atoms with E-state index in [4.69, 9.17) is 9.47 Å². The van der Waals surface area contributed by atoms with Crippen LogP contribution in [0.5, 0.6) is 11.5 Å². The molecule has 0 aromatic heterocycles. The average molecular weight is 390 g/mol. The van der Waals surface area contributed by atoms with E-state index in [-0.39, 0.29) is 16.8 Å². The van der Waals surface area contributed by atoms with Crippen molar-refractivity contribution in [3.63, 3.8) is 0 Å². The van der Waals surface area contributed by atoms with Crippen LogP contribution in [0.4, 0.5) is 11.4 Å². The van der Waals surface area contributed by atoms with Crippen molar-refractivity contribution in [1.29, 1.82) is 0 Å². The molecule has 27 heavy (non-hydrogen) atoms. The van der Waals surface area contributed by atoms with Crippen LogP contribution in [-0.2, 0) is 14.8 Å². The van der Waals surface area contributed by atoms with Crippen molar-refractivity contribution in [1.82, 2.24) is 0 Å². The molecule has 0 heterocycles. The highest BCUT2D eigenvalue weighted by molar-refractivity contribution is 7.92. The molecule has 2 aromatic carbocycles. The second kappa shape index (κ2) is 7.48. The highest BCUT2D eigenvalue weighted by Crippen LogP contribution is 2.38. The first kappa shape index (κ1) is 19.0. The molecule has 0 radical (unpaired) electrons. The summed E-state index contributed by atoms with van der Waals surface area (Å²) >= 11 is 0. The van der Waals surface area contributed by atoms with E-state index in [2.05, 4.69) is 5.32 Å². The van der Waals surface area contributed by atoms with Gasteiger partial charge in [0, 0.05) is 24.7 Å². The summed E-state index contributed by atoms with van der Waals surface area (Å²) in [5.41, 5.74) is 1.17. The topological polar surface area (TPSA) is 84.9 Å². The molecule has 1 aliphatic rings. The van der Waals surface area contributed by atoms with Gasteiger partial charge in [-0.2, -0.15) is 0 Å². The van der Waals surface area contributed by atoms with Crippen LogP contribution >= 0.6 is 0 Å².